The highest BCUT2D eigenvalue weighted by Gasteiger charge is 2.07. The Morgan fingerprint density at radius 1 is 1.00 bits per heavy atom. The normalized spacial score (nSPS) is 9.82. The summed E-state index contributed by atoms with van der Waals surface area (Å²) < 4.78 is 33.1. The van der Waals surface area contributed by atoms with Crippen molar-refractivity contribution < 1.29 is 30.9 Å². The molecule has 0 aliphatic rings. The summed E-state index contributed by atoms with van der Waals surface area (Å²) in [4.78, 5) is 3.78. The Kier molecular flexibility index (Phi) is 4.92. The van der Waals surface area contributed by atoms with E-state index in [1.54, 1.807) is 12.4 Å². The van der Waals surface area contributed by atoms with Crippen LogP contribution in [0.5, 0.6) is 0 Å². The molecular weight excluding hydrogens is 218 g/mol. The predicted molar refractivity (Wildman–Crippen MR) is 26.5 cm³/mol. The second-order valence-electron chi connectivity index (χ2n) is 1.42. The molecule has 0 atom stereocenters. The minimum absolute atomic E-state index is 1.75. The zero-order valence-corrected chi connectivity index (χ0v) is 6.97. The molecular formula is C5H6BrNO4. The molecule has 11 heavy (non-hydrogen) atoms. The number of nitrogens with zero attached hydrogens (tertiary/aromatic N) is 1. The maximum Gasteiger partial charge on any atom is 0.265 e. The van der Waals surface area contributed by atoms with Gasteiger partial charge in [-0.15, -0.1) is 0 Å². The molecule has 0 saturated carbocycles. The van der Waals surface area contributed by atoms with Crippen molar-refractivity contribution in [1.82, 2.24) is 4.98 Å². The zero-order valence-electron chi connectivity index (χ0n) is 5.38. The first-order chi connectivity index (χ1) is 5.00. The molecule has 1 heterocycles. The van der Waals surface area contributed by atoms with Gasteiger partial charge in [-0.25, -0.2) is 12.6 Å². The smallest absolute Gasteiger partial charge is 0.265 e. The van der Waals surface area contributed by atoms with Crippen molar-refractivity contribution in [3.05, 3.63) is 30.6 Å². The number of pyridine rings is 1. The van der Waals surface area contributed by atoms with Crippen molar-refractivity contribution in [1.29, 1.82) is 0 Å². The molecule has 0 aliphatic heterocycles. The van der Waals surface area contributed by atoms with Crippen LogP contribution in [0.15, 0.2) is 30.6 Å². The zero-order chi connectivity index (χ0) is 8.74. The van der Waals surface area contributed by atoms with Crippen LogP contribution in [0.3, 0.4) is 0 Å². The van der Waals surface area contributed by atoms with Gasteiger partial charge in [0.1, 0.15) is 0 Å². The van der Waals surface area contributed by atoms with Crippen molar-refractivity contribution in [2.45, 2.75) is 0 Å². The maximum atomic E-state index is 8.69. The lowest BCUT2D eigenvalue weighted by Gasteiger charge is -1.96. The third-order valence-corrected chi connectivity index (χ3v) is 0.566. The van der Waals surface area contributed by atoms with E-state index in [-0.39, 0.29) is 0 Å². The molecule has 0 amide bonds. The summed E-state index contributed by atoms with van der Waals surface area (Å²) in [6.45, 7) is 0. The van der Waals surface area contributed by atoms with Crippen LogP contribution in [-0.2, 0) is 0 Å². The number of hydrogen-bond donors (Lipinski definition) is 1. The Labute approximate surface area is 67.1 Å². The van der Waals surface area contributed by atoms with Crippen molar-refractivity contribution in [3.63, 3.8) is 0 Å². The summed E-state index contributed by atoms with van der Waals surface area (Å²) in [6, 6.07) is 5.72. The fourth-order valence-electron chi connectivity index (χ4n) is 0.313. The summed E-state index contributed by atoms with van der Waals surface area (Å²) in [5.41, 5.74) is 0. The lowest BCUT2D eigenvalue weighted by molar-refractivity contribution is -1.92. The van der Waals surface area contributed by atoms with E-state index in [1.165, 1.54) is 0 Å². The van der Waals surface area contributed by atoms with E-state index >= 15 is 0 Å². The van der Waals surface area contributed by atoms with E-state index in [4.69, 9.17) is 16.8 Å². The molecule has 0 radical (unpaired) electrons. The standard InChI is InChI=1S/C5H5N.BrHO4/c1-2-4-6-5-3-1;2-1(3,4)5/h1-5H;2H. The second kappa shape index (κ2) is 5.16. The first kappa shape index (κ1) is 10.5. The van der Waals surface area contributed by atoms with Gasteiger partial charge in [0, 0.05) is 16.6 Å². The molecule has 1 rings (SSSR count). The van der Waals surface area contributed by atoms with E-state index in [0.29, 0.717) is 0 Å². The molecule has 0 unspecified atom stereocenters. The molecule has 0 aliphatic carbocycles. The van der Waals surface area contributed by atoms with E-state index in [9.17, 15) is 0 Å². The van der Waals surface area contributed by atoms with Gasteiger partial charge in [-0.2, -0.15) is 0 Å². The van der Waals surface area contributed by atoms with Crippen LogP contribution in [-0.4, -0.2) is 9.18 Å². The molecule has 5 nitrogen and oxygen atoms in total. The fraction of sp³-hybridized carbons (Fsp3) is 0. The van der Waals surface area contributed by atoms with Gasteiger partial charge in [0.15, 0.2) is 0 Å². The van der Waals surface area contributed by atoms with Crippen molar-refractivity contribution >= 4 is 0 Å². The highest BCUT2D eigenvalue weighted by atomic mass is 80.0. The summed E-state index contributed by atoms with van der Waals surface area (Å²) in [5.74, 6) is 0. The molecule has 62 valence electrons. The Hall–Kier alpha value is -0.530. The highest BCUT2D eigenvalue weighted by Crippen LogP contribution is 1.73. The summed E-state index contributed by atoms with van der Waals surface area (Å²) >= 11 is -5.38. The Balaban J connectivity index is 0.000000187. The van der Waals surface area contributed by atoms with Crippen LogP contribution in [0.4, 0.5) is 0 Å². The van der Waals surface area contributed by atoms with Crippen LogP contribution in [0.25, 0.3) is 0 Å². The number of halogens is 1. The lowest BCUT2D eigenvalue weighted by atomic mass is 10.5. The molecule has 0 saturated heterocycles. The van der Waals surface area contributed by atoms with E-state index in [0.717, 1.165) is 0 Å². The van der Waals surface area contributed by atoms with Gasteiger partial charge in [0.25, 0.3) is 14.1 Å². The van der Waals surface area contributed by atoms with Crippen molar-refractivity contribution in [2.24, 2.45) is 0 Å². The van der Waals surface area contributed by atoms with Crippen molar-refractivity contribution in [3.8, 4) is 0 Å². The second-order valence-corrected chi connectivity index (χ2v) is 3.08. The van der Waals surface area contributed by atoms with Crippen LogP contribution in [0, 0.1) is 14.1 Å². The molecule has 0 aromatic carbocycles. The van der Waals surface area contributed by atoms with Crippen molar-refractivity contribution in [2.75, 3.05) is 0 Å². The quantitative estimate of drug-likeness (QED) is 0.504. The highest BCUT2D eigenvalue weighted by molar-refractivity contribution is 4.88. The van der Waals surface area contributed by atoms with Gasteiger partial charge in [-0.05, 0) is 12.1 Å². The lowest BCUT2D eigenvalue weighted by Crippen LogP contribution is -2.58. The third-order valence-electron chi connectivity index (χ3n) is 0.566. The van der Waals surface area contributed by atoms with E-state index in [2.05, 4.69) is 4.98 Å². The summed E-state index contributed by atoms with van der Waals surface area (Å²) in [7, 11) is 0. The van der Waals surface area contributed by atoms with Crippen LogP contribution in [0.2, 0.25) is 0 Å². The number of aromatic nitrogens is 1. The van der Waals surface area contributed by atoms with E-state index < -0.39 is 14.1 Å². The minimum Gasteiger partial charge on any atom is -0.265 e. The summed E-state index contributed by atoms with van der Waals surface area (Å²) in [5, 5.41) is 0. The molecule has 0 spiro atoms. The number of rotatable bonds is 0. The average Bonchev–Trinajstić information content (AvgIpc) is 1.88. The Morgan fingerprint density at radius 3 is 1.45 bits per heavy atom. The van der Waals surface area contributed by atoms with Gasteiger partial charge in [0.05, 0.1) is 0 Å². The molecule has 6 heteroatoms. The molecule has 1 N–H and O–H groups in total. The van der Waals surface area contributed by atoms with Gasteiger partial charge in [-0.1, -0.05) is 6.07 Å². The average molecular weight is 224 g/mol. The first-order valence-electron chi connectivity index (χ1n) is 2.48. The molecule has 1 aromatic rings. The van der Waals surface area contributed by atoms with Gasteiger partial charge < -0.3 is 0 Å². The summed E-state index contributed by atoms with van der Waals surface area (Å²) in [6.07, 6.45) is 3.50. The molecule has 0 bridgehead atoms. The predicted octanol–water partition coefficient (Wildman–Crippen LogP) is -3.04. The largest absolute Gasteiger partial charge is 0.265 e. The SMILES string of the molecule is [O-][Br+3]([O-])([O-])O.c1ccncc1. The van der Waals surface area contributed by atoms with Gasteiger partial charge >= 0.3 is 0 Å². The van der Waals surface area contributed by atoms with Gasteiger partial charge in [-0.3, -0.25) is 4.98 Å². The first-order valence-corrected chi connectivity index (χ1v) is 5.13. The fourth-order valence-corrected chi connectivity index (χ4v) is 0.313. The van der Waals surface area contributed by atoms with Crippen LogP contribution >= 0.6 is 0 Å². The molecule has 1 aromatic heterocycles. The number of hydrogen-bond acceptors (Lipinski definition) is 5. The Morgan fingerprint density at radius 2 is 1.36 bits per heavy atom. The van der Waals surface area contributed by atoms with Crippen LogP contribution < -0.4 is 12.6 Å². The topological polar surface area (TPSA) is 102 Å². The monoisotopic (exact) mass is 223 g/mol. The third kappa shape index (κ3) is 17.7. The Bertz CT molecular complexity index is 143. The van der Waals surface area contributed by atoms with E-state index in [1.807, 2.05) is 18.2 Å². The van der Waals surface area contributed by atoms with Crippen LogP contribution in [0.1, 0.15) is 0 Å². The maximum absolute atomic E-state index is 8.69. The molecule has 0 fully saturated rings. The minimum atomic E-state index is -5.38. The van der Waals surface area contributed by atoms with Gasteiger partial charge in [0.2, 0.25) is 0 Å².